The number of carbonyl (C=O) groups excluding carboxylic acids is 3. The highest BCUT2D eigenvalue weighted by atomic mass is 16.6. The molecule has 0 spiro atoms. The van der Waals surface area contributed by atoms with E-state index in [1.807, 2.05) is 32.9 Å². The number of nitrogens with one attached hydrogen (secondary N) is 1. The number of fused-ring (bicyclic) bond motifs is 2. The van der Waals surface area contributed by atoms with Crippen LogP contribution >= 0.6 is 0 Å². The highest BCUT2D eigenvalue weighted by Gasteiger charge is 2.48. The Balaban J connectivity index is 1.16. The maximum atomic E-state index is 12.9. The summed E-state index contributed by atoms with van der Waals surface area (Å²) in [6, 6.07) is 10.2. The van der Waals surface area contributed by atoms with Gasteiger partial charge in [-0.1, -0.05) is 5.16 Å². The average molecular weight is 530 g/mol. The number of ether oxygens (including phenoxy) is 2. The average Bonchev–Trinajstić information content (AvgIpc) is 3.22. The Morgan fingerprint density at radius 1 is 1.13 bits per heavy atom. The number of aromatic nitrogens is 3. The summed E-state index contributed by atoms with van der Waals surface area (Å²) >= 11 is 0. The third kappa shape index (κ3) is 4.71. The van der Waals surface area contributed by atoms with Gasteiger partial charge in [0.25, 0.3) is 0 Å². The number of rotatable bonds is 5. The summed E-state index contributed by atoms with van der Waals surface area (Å²) in [7, 11) is 0. The Labute approximate surface area is 223 Å². The van der Waals surface area contributed by atoms with E-state index < -0.39 is 23.1 Å². The Morgan fingerprint density at radius 2 is 1.95 bits per heavy atom. The molecule has 0 unspecified atom stereocenters. The number of nitrogens with zero attached hydrogens (tertiary/aromatic N) is 4. The molecule has 4 heterocycles. The van der Waals surface area contributed by atoms with Gasteiger partial charge in [-0.3, -0.25) is 19.8 Å². The number of anilines is 1. The number of pyridine rings is 1. The standard InChI is InChI=1S/C28H27N5O6/c1-27(2,3)38-26(36)32-14-19-20(15-32)29-10-6-22(19)37-18-4-5-21-17(12-18)7-11-33(21)25(35)30-24-13-23(39-31-24)28(16-34)8-9-28/h4-7,10-13,16H,8-9,14-15H2,1-3H3,(H,30,31,35). The Morgan fingerprint density at radius 3 is 2.69 bits per heavy atom. The zero-order chi connectivity index (χ0) is 27.4. The third-order valence-electron chi connectivity index (χ3n) is 6.80. The molecule has 11 heteroatoms. The SMILES string of the molecule is CC(C)(C)OC(=O)N1Cc2nccc(Oc3ccc4c(ccn4C(=O)Nc4cc(C5(C=O)CC5)on4)c3)c2C1. The monoisotopic (exact) mass is 529 g/mol. The van der Waals surface area contributed by atoms with Gasteiger partial charge in [0, 0.05) is 29.4 Å². The molecule has 11 nitrogen and oxygen atoms in total. The van der Waals surface area contributed by atoms with Crippen molar-refractivity contribution in [3.8, 4) is 11.5 Å². The van der Waals surface area contributed by atoms with Crippen LogP contribution in [0, 0.1) is 0 Å². The van der Waals surface area contributed by atoms with Gasteiger partial charge in [-0.25, -0.2) is 9.59 Å². The van der Waals surface area contributed by atoms with Crippen LogP contribution in [0.1, 0.15) is 50.6 Å². The largest absolute Gasteiger partial charge is 0.457 e. The van der Waals surface area contributed by atoms with E-state index in [1.54, 1.807) is 41.6 Å². The van der Waals surface area contributed by atoms with Gasteiger partial charge < -0.3 is 18.8 Å². The quantitative estimate of drug-likeness (QED) is 0.341. The topological polar surface area (TPSA) is 129 Å². The lowest BCUT2D eigenvalue weighted by Crippen LogP contribution is -2.33. The van der Waals surface area contributed by atoms with E-state index in [-0.39, 0.29) is 5.82 Å². The van der Waals surface area contributed by atoms with Crippen molar-refractivity contribution in [1.82, 2.24) is 19.6 Å². The van der Waals surface area contributed by atoms with Crippen molar-refractivity contribution in [1.29, 1.82) is 0 Å². The van der Waals surface area contributed by atoms with Crippen LogP contribution in [0.3, 0.4) is 0 Å². The highest BCUT2D eigenvalue weighted by molar-refractivity contribution is 5.98. The van der Waals surface area contributed by atoms with Crippen LogP contribution in [-0.4, -0.2) is 43.6 Å². The molecule has 0 bridgehead atoms. The van der Waals surface area contributed by atoms with E-state index in [0.717, 1.165) is 35.8 Å². The minimum atomic E-state index is -0.602. The molecule has 1 fully saturated rings. The first-order valence-corrected chi connectivity index (χ1v) is 12.6. The van der Waals surface area contributed by atoms with Crippen molar-refractivity contribution >= 4 is 35.1 Å². The summed E-state index contributed by atoms with van der Waals surface area (Å²) in [5, 5.41) is 7.39. The first kappa shape index (κ1) is 24.7. The molecule has 0 atom stereocenters. The van der Waals surface area contributed by atoms with Gasteiger partial charge in [0.1, 0.15) is 23.4 Å². The Kier molecular flexibility index (Phi) is 5.67. The van der Waals surface area contributed by atoms with Crippen molar-refractivity contribution < 1.29 is 28.4 Å². The number of amides is 2. The predicted molar refractivity (Wildman–Crippen MR) is 140 cm³/mol. The normalized spacial score (nSPS) is 15.6. The molecule has 1 N–H and O–H groups in total. The van der Waals surface area contributed by atoms with Crippen molar-refractivity contribution in [2.75, 3.05) is 5.32 Å². The number of hydrogen-bond acceptors (Lipinski definition) is 8. The van der Waals surface area contributed by atoms with Crippen LogP contribution in [0.5, 0.6) is 11.5 Å². The van der Waals surface area contributed by atoms with E-state index in [0.29, 0.717) is 35.9 Å². The summed E-state index contributed by atoms with van der Waals surface area (Å²) in [6.45, 7) is 6.18. The highest BCUT2D eigenvalue weighted by Crippen LogP contribution is 2.46. The van der Waals surface area contributed by atoms with Crippen LogP contribution in [0.2, 0.25) is 0 Å². The summed E-state index contributed by atoms with van der Waals surface area (Å²) in [5.41, 5.74) is 1.07. The molecule has 1 aliphatic carbocycles. The van der Waals surface area contributed by atoms with Crippen LogP contribution < -0.4 is 10.1 Å². The van der Waals surface area contributed by atoms with Gasteiger partial charge in [0.15, 0.2) is 11.6 Å². The lowest BCUT2D eigenvalue weighted by atomic mass is 10.1. The van der Waals surface area contributed by atoms with E-state index in [2.05, 4.69) is 15.5 Å². The molecule has 0 radical (unpaired) electrons. The number of hydrogen-bond donors (Lipinski definition) is 1. The molecular formula is C28H27N5O6. The molecule has 0 saturated heterocycles. The lowest BCUT2D eigenvalue weighted by Gasteiger charge is -2.24. The van der Waals surface area contributed by atoms with E-state index in [1.165, 1.54) is 4.57 Å². The maximum absolute atomic E-state index is 12.9. The van der Waals surface area contributed by atoms with Crippen molar-refractivity contribution in [3.63, 3.8) is 0 Å². The van der Waals surface area contributed by atoms with Crippen LogP contribution in [0.4, 0.5) is 15.4 Å². The van der Waals surface area contributed by atoms with Crippen molar-refractivity contribution in [2.45, 2.75) is 57.7 Å². The molecule has 2 aliphatic rings. The van der Waals surface area contributed by atoms with Gasteiger partial charge in [-0.15, -0.1) is 0 Å². The minimum absolute atomic E-state index is 0.247. The molecule has 1 saturated carbocycles. The molecule has 6 rings (SSSR count). The zero-order valence-corrected chi connectivity index (χ0v) is 21.8. The van der Waals surface area contributed by atoms with Crippen LogP contribution in [0.15, 0.2) is 53.3 Å². The fourth-order valence-electron chi connectivity index (χ4n) is 4.58. The van der Waals surface area contributed by atoms with Crippen molar-refractivity contribution in [3.05, 3.63) is 65.8 Å². The van der Waals surface area contributed by atoms with Gasteiger partial charge in [0.05, 0.1) is 29.7 Å². The molecule has 39 heavy (non-hydrogen) atoms. The zero-order valence-electron chi connectivity index (χ0n) is 21.8. The second-order valence-corrected chi connectivity index (χ2v) is 10.9. The second kappa shape index (κ2) is 8.97. The fourth-order valence-corrected chi connectivity index (χ4v) is 4.58. The molecule has 2 amide bonds. The van der Waals surface area contributed by atoms with Crippen LogP contribution in [-0.2, 0) is 28.0 Å². The van der Waals surface area contributed by atoms with Crippen molar-refractivity contribution in [2.24, 2.45) is 0 Å². The lowest BCUT2D eigenvalue weighted by molar-refractivity contribution is -0.110. The molecule has 200 valence electrons. The third-order valence-corrected chi connectivity index (χ3v) is 6.80. The summed E-state index contributed by atoms with van der Waals surface area (Å²) < 4.78 is 18.4. The smallest absolute Gasteiger partial charge is 0.410 e. The number of aldehydes is 1. The Bertz CT molecular complexity index is 1610. The summed E-state index contributed by atoms with van der Waals surface area (Å²) in [6.07, 6.45) is 5.22. The molecular weight excluding hydrogens is 502 g/mol. The van der Waals surface area contributed by atoms with Gasteiger partial charge >= 0.3 is 12.1 Å². The maximum Gasteiger partial charge on any atom is 0.410 e. The predicted octanol–water partition coefficient (Wildman–Crippen LogP) is 5.38. The second-order valence-electron chi connectivity index (χ2n) is 10.9. The number of carbonyl (C=O) groups is 3. The van der Waals surface area contributed by atoms with E-state index in [4.69, 9.17) is 14.0 Å². The first-order valence-electron chi connectivity index (χ1n) is 12.6. The molecule has 1 aromatic carbocycles. The first-order chi connectivity index (χ1) is 18.6. The van der Waals surface area contributed by atoms with Gasteiger partial charge in [-0.2, -0.15) is 0 Å². The molecule has 3 aromatic heterocycles. The van der Waals surface area contributed by atoms with Crippen LogP contribution in [0.25, 0.3) is 10.9 Å². The van der Waals surface area contributed by atoms with E-state index in [9.17, 15) is 14.4 Å². The fraction of sp³-hybridized carbons (Fsp3) is 0.321. The van der Waals surface area contributed by atoms with Gasteiger partial charge in [0.2, 0.25) is 0 Å². The van der Waals surface area contributed by atoms with Gasteiger partial charge in [-0.05, 0) is 63.9 Å². The minimum Gasteiger partial charge on any atom is -0.457 e. The summed E-state index contributed by atoms with van der Waals surface area (Å²) in [4.78, 5) is 42.8. The Hall–Kier alpha value is -4.67. The summed E-state index contributed by atoms with van der Waals surface area (Å²) in [5.74, 6) is 1.89. The van der Waals surface area contributed by atoms with E-state index >= 15 is 0 Å². The molecule has 4 aromatic rings. The number of benzene rings is 1. The molecule has 1 aliphatic heterocycles.